The maximum absolute atomic E-state index is 13.1. The van der Waals surface area contributed by atoms with Crippen molar-refractivity contribution in [3.63, 3.8) is 0 Å². The lowest BCUT2D eigenvalue weighted by Crippen LogP contribution is -2.57. The van der Waals surface area contributed by atoms with E-state index in [9.17, 15) is 13.6 Å². The van der Waals surface area contributed by atoms with Gasteiger partial charge in [-0.3, -0.25) is 19.4 Å². The molecule has 3 aromatic rings. The molecule has 6 rings (SSSR count). The summed E-state index contributed by atoms with van der Waals surface area (Å²) in [6, 6.07) is 1.74. The highest BCUT2D eigenvalue weighted by Gasteiger charge is 2.38. The van der Waals surface area contributed by atoms with Gasteiger partial charge in [0.2, 0.25) is 5.91 Å². The molecule has 0 bridgehead atoms. The Morgan fingerprint density at radius 2 is 2.00 bits per heavy atom. The van der Waals surface area contributed by atoms with Crippen LogP contribution in [0, 0.1) is 11.8 Å². The number of dihydropyridines is 1. The van der Waals surface area contributed by atoms with Crippen LogP contribution >= 0.6 is 0 Å². The lowest BCUT2D eigenvalue weighted by atomic mass is 9.79. The van der Waals surface area contributed by atoms with Gasteiger partial charge in [-0.05, 0) is 30.9 Å². The Hall–Kier alpha value is -3.47. The zero-order valence-electron chi connectivity index (χ0n) is 20.7. The number of H-pyrrole nitrogens is 1. The molecule has 3 aromatic heterocycles. The van der Waals surface area contributed by atoms with Crippen LogP contribution in [0.4, 0.5) is 8.78 Å². The van der Waals surface area contributed by atoms with E-state index in [2.05, 4.69) is 36.1 Å². The molecular formula is C26H30F2N8O. The average Bonchev–Trinajstić information content (AvgIpc) is 3.55. The number of hydrogen-bond acceptors (Lipinski definition) is 6. The van der Waals surface area contributed by atoms with Gasteiger partial charge in [-0.1, -0.05) is 13.0 Å². The molecule has 2 aliphatic heterocycles. The number of piperazine rings is 1. The number of nitrogens with one attached hydrogen (secondary N) is 1. The van der Waals surface area contributed by atoms with Gasteiger partial charge < -0.3 is 9.88 Å². The molecule has 1 amide bonds. The highest BCUT2D eigenvalue weighted by atomic mass is 19.3. The molecule has 0 spiro atoms. The number of aromatic nitrogens is 5. The monoisotopic (exact) mass is 508 g/mol. The van der Waals surface area contributed by atoms with Crippen molar-refractivity contribution in [3.05, 3.63) is 43.1 Å². The number of halogens is 2. The van der Waals surface area contributed by atoms with Gasteiger partial charge in [0.25, 0.3) is 6.43 Å². The van der Waals surface area contributed by atoms with Crippen LogP contribution in [0.5, 0.6) is 0 Å². The first-order valence-corrected chi connectivity index (χ1v) is 12.8. The first kappa shape index (κ1) is 23.9. The van der Waals surface area contributed by atoms with E-state index in [1.807, 2.05) is 30.1 Å². The quantitative estimate of drug-likeness (QED) is 0.552. The summed E-state index contributed by atoms with van der Waals surface area (Å²) in [6.07, 6.45) is 9.89. The second-order valence-corrected chi connectivity index (χ2v) is 10.3. The lowest BCUT2D eigenvalue weighted by molar-refractivity contribution is -0.135. The summed E-state index contributed by atoms with van der Waals surface area (Å²) in [5.41, 5.74) is 2.38. The van der Waals surface area contributed by atoms with Crippen LogP contribution in [-0.2, 0) is 11.3 Å². The number of carbonyl (C=O) groups excluding carboxylic acids is 1. The number of fused-ring (bicyclic) bond motifs is 1. The molecule has 194 valence electrons. The maximum Gasteiger partial charge on any atom is 0.279 e. The van der Waals surface area contributed by atoms with Crippen LogP contribution in [0.15, 0.2) is 48.1 Å². The minimum Gasteiger partial charge on any atom is -0.346 e. The summed E-state index contributed by atoms with van der Waals surface area (Å²) in [4.78, 5) is 33.1. The standard InChI is InChI=1S/C26H30F2N8O/c1-16-2-3-21(24(27)28)33-22(16)26(37)35-8-6-34(7-9-35)19-10-17(11-19)13-36-14-18(12-32-36)23-20-4-5-29-25(20)31-15-30-23/h2-5,12,14-17,19,22,24H,6-11,13H2,1H3,(H,29,30,31). The van der Waals surface area contributed by atoms with Gasteiger partial charge in [0.05, 0.1) is 11.9 Å². The van der Waals surface area contributed by atoms with E-state index < -0.39 is 12.5 Å². The summed E-state index contributed by atoms with van der Waals surface area (Å²) < 4.78 is 28.2. The Bertz CT molecular complexity index is 1330. The SMILES string of the molecule is CC1C=CC(C(F)F)=NC1C(=O)N1CCN(C2CC(Cn3cc(-c4ncnc5[nH]ccc45)cn3)C2)CC1. The Morgan fingerprint density at radius 1 is 1.19 bits per heavy atom. The van der Waals surface area contributed by atoms with Gasteiger partial charge in [-0.2, -0.15) is 5.10 Å². The smallest absolute Gasteiger partial charge is 0.279 e. The predicted molar refractivity (Wildman–Crippen MR) is 135 cm³/mol. The zero-order valence-corrected chi connectivity index (χ0v) is 20.7. The van der Waals surface area contributed by atoms with Crippen LogP contribution in [-0.4, -0.2) is 90.8 Å². The van der Waals surface area contributed by atoms with Crippen LogP contribution in [0.25, 0.3) is 22.3 Å². The van der Waals surface area contributed by atoms with Gasteiger partial charge in [0, 0.05) is 68.0 Å². The summed E-state index contributed by atoms with van der Waals surface area (Å²) in [7, 11) is 0. The van der Waals surface area contributed by atoms with E-state index in [1.54, 1.807) is 17.3 Å². The molecule has 5 heterocycles. The maximum atomic E-state index is 13.1. The molecule has 2 atom stereocenters. The van der Waals surface area contributed by atoms with Crippen molar-refractivity contribution in [2.45, 2.75) is 44.8 Å². The third-order valence-electron chi connectivity index (χ3n) is 7.89. The van der Waals surface area contributed by atoms with E-state index in [0.717, 1.165) is 54.8 Å². The molecule has 1 saturated carbocycles. The molecule has 0 aromatic carbocycles. The molecule has 1 N–H and O–H groups in total. The highest BCUT2D eigenvalue weighted by Crippen LogP contribution is 2.34. The fourth-order valence-electron chi connectivity index (χ4n) is 5.68. The van der Waals surface area contributed by atoms with Gasteiger partial charge in [0.15, 0.2) is 0 Å². The number of rotatable bonds is 6. The van der Waals surface area contributed by atoms with Crippen molar-refractivity contribution in [1.82, 2.24) is 34.5 Å². The largest absolute Gasteiger partial charge is 0.346 e. The van der Waals surface area contributed by atoms with Crippen molar-refractivity contribution in [1.29, 1.82) is 0 Å². The van der Waals surface area contributed by atoms with Crippen LogP contribution < -0.4 is 0 Å². The number of nitrogens with zero attached hydrogens (tertiary/aromatic N) is 7. The summed E-state index contributed by atoms with van der Waals surface area (Å²) in [5.74, 6) is 0.245. The Kier molecular flexibility index (Phi) is 6.31. The molecule has 11 heteroatoms. The number of aromatic amines is 1. The first-order chi connectivity index (χ1) is 18.0. The van der Waals surface area contributed by atoms with E-state index in [1.165, 1.54) is 6.08 Å². The van der Waals surface area contributed by atoms with Crippen LogP contribution in [0.1, 0.15) is 19.8 Å². The molecule has 1 saturated heterocycles. The van der Waals surface area contributed by atoms with E-state index in [4.69, 9.17) is 0 Å². The molecule has 0 radical (unpaired) electrons. The molecule has 1 aliphatic carbocycles. The molecular weight excluding hydrogens is 478 g/mol. The summed E-state index contributed by atoms with van der Waals surface area (Å²) >= 11 is 0. The predicted octanol–water partition coefficient (Wildman–Crippen LogP) is 3.02. The van der Waals surface area contributed by atoms with Crippen molar-refractivity contribution in [2.75, 3.05) is 26.2 Å². The van der Waals surface area contributed by atoms with Crippen molar-refractivity contribution < 1.29 is 13.6 Å². The molecule has 3 aliphatic rings. The number of aliphatic imine (C=N–C) groups is 1. The van der Waals surface area contributed by atoms with Gasteiger partial charge in [-0.15, -0.1) is 0 Å². The average molecular weight is 509 g/mol. The Morgan fingerprint density at radius 3 is 2.78 bits per heavy atom. The van der Waals surface area contributed by atoms with Crippen LogP contribution in [0.3, 0.4) is 0 Å². The fraction of sp³-hybridized carbons (Fsp3) is 0.500. The Labute approximate surface area is 213 Å². The van der Waals surface area contributed by atoms with Crippen molar-refractivity contribution in [2.24, 2.45) is 16.8 Å². The van der Waals surface area contributed by atoms with Crippen LogP contribution in [0.2, 0.25) is 0 Å². The molecule has 37 heavy (non-hydrogen) atoms. The molecule has 2 fully saturated rings. The second-order valence-electron chi connectivity index (χ2n) is 10.3. The number of allylic oxidation sites excluding steroid dienone is 1. The fourth-order valence-corrected chi connectivity index (χ4v) is 5.68. The normalized spacial score (nSPS) is 26.5. The van der Waals surface area contributed by atoms with Crippen molar-refractivity contribution in [3.8, 4) is 11.3 Å². The number of hydrogen-bond donors (Lipinski definition) is 1. The molecule has 2 unspecified atom stereocenters. The highest BCUT2D eigenvalue weighted by molar-refractivity contribution is 6.00. The number of alkyl halides is 2. The number of amides is 1. The molecule has 9 nitrogen and oxygen atoms in total. The third kappa shape index (κ3) is 4.68. The second kappa shape index (κ2) is 9.77. The van der Waals surface area contributed by atoms with E-state index in [0.29, 0.717) is 25.0 Å². The third-order valence-corrected chi connectivity index (χ3v) is 7.89. The summed E-state index contributed by atoms with van der Waals surface area (Å²) in [5, 5.41) is 5.55. The number of carbonyl (C=O) groups is 1. The first-order valence-electron chi connectivity index (χ1n) is 12.8. The Balaban J connectivity index is 0.990. The van der Waals surface area contributed by atoms with E-state index >= 15 is 0 Å². The minimum absolute atomic E-state index is 0.142. The minimum atomic E-state index is -2.65. The van der Waals surface area contributed by atoms with Gasteiger partial charge in [-0.25, -0.2) is 18.7 Å². The zero-order chi connectivity index (χ0) is 25.5. The van der Waals surface area contributed by atoms with Crippen molar-refractivity contribution >= 4 is 22.7 Å². The van der Waals surface area contributed by atoms with Gasteiger partial charge >= 0.3 is 0 Å². The van der Waals surface area contributed by atoms with E-state index in [-0.39, 0.29) is 17.5 Å². The topological polar surface area (TPSA) is 95.3 Å². The lowest BCUT2D eigenvalue weighted by Gasteiger charge is -2.46. The van der Waals surface area contributed by atoms with Gasteiger partial charge in [0.1, 0.15) is 23.7 Å². The summed E-state index contributed by atoms with van der Waals surface area (Å²) in [6.45, 7) is 5.55.